The van der Waals surface area contributed by atoms with Crippen LogP contribution in [0.15, 0.2) is 53.6 Å². The van der Waals surface area contributed by atoms with Crippen LogP contribution in [0.5, 0.6) is 0 Å². The molecule has 0 aliphatic heterocycles. The number of carbonyl (C=O) groups is 3. The van der Waals surface area contributed by atoms with Crippen molar-refractivity contribution in [3.05, 3.63) is 64.7 Å². The van der Waals surface area contributed by atoms with E-state index in [1.165, 1.54) is 0 Å². The van der Waals surface area contributed by atoms with Gasteiger partial charge in [0.25, 0.3) is 0 Å². The number of rotatable bonds is 6. The molecule has 28 heavy (non-hydrogen) atoms. The van der Waals surface area contributed by atoms with E-state index in [4.69, 9.17) is 11.6 Å². The van der Waals surface area contributed by atoms with Gasteiger partial charge in [-0.2, -0.15) is 5.10 Å². The SMILES string of the molecule is C/C(CC(=O)NCc1ccccc1)=N\NC(=O)C(=O)Nc1ccc(C)c(Cl)c1. The molecule has 0 bridgehead atoms. The van der Waals surface area contributed by atoms with Crippen molar-refractivity contribution in [2.45, 2.75) is 26.8 Å². The van der Waals surface area contributed by atoms with Crippen molar-refractivity contribution in [3.63, 3.8) is 0 Å². The topological polar surface area (TPSA) is 99.7 Å². The van der Waals surface area contributed by atoms with E-state index < -0.39 is 11.8 Å². The van der Waals surface area contributed by atoms with Crippen molar-refractivity contribution in [3.8, 4) is 0 Å². The second kappa shape index (κ2) is 10.2. The molecule has 146 valence electrons. The van der Waals surface area contributed by atoms with Gasteiger partial charge >= 0.3 is 11.8 Å². The van der Waals surface area contributed by atoms with Crippen molar-refractivity contribution >= 4 is 40.7 Å². The molecule has 0 saturated carbocycles. The number of hydrogen-bond acceptors (Lipinski definition) is 4. The van der Waals surface area contributed by atoms with Gasteiger partial charge in [-0.15, -0.1) is 0 Å². The highest BCUT2D eigenvalue weighted by atomic mass is 35.5. The van der Waals surface area contributed by atoms with E-state index in [0.29, 0.717) is 23.0 Å². The summed E-state index contributed by atoms with van der Waals surface area (Å²) < 4.78 is 0. The molecular formula is C20H21ClN4O3. The number of benzene rings is 2. The molecule has 0 aliphatic rings. The summed E-state index contributed by atoms with van der Waals surface area (Å²) in [7, 11) is 0. The number of halogens is 1. The van der Waals surface area contributed by atoms with Crippen LogP contribution in [0.1, 0.15) is 24.5 Å². The average molecular weight is 401 g/mol. The maximum Gasteiger partial charge on any atom is 0.329 e. The summed E-state index contributed by atoms with van der Waals surface area (Å²) in [6.45, 7) is 3.81. The van der Waals surface area contributed by atoms with Gasteiger partial charge in [-0.1, -0.05) is 48.0 Å². The fraction of sp³-hybridized carbons (Fsp3) is 0.200. The molecule has 0 spiro atoms. The first kappa shape index (κ1) is 21.1. The van der Waals surface area contributed by atoms with Gasteiger partial charge in [0.15, 0.2) is 0 Å². The van der Waals surface area contributed by atoms with Gasteiger partial charge in [0.1, 0.15) is 0 Å². The largest absolute Gasteiger partial charge is 0.352 e. The lowest BCUT2D eigenvalue weighted by Gasteiger charge is -2.07. The van der Waals surface area contributed by atoms with Gasteiger partial charge in [-0.25, -0.2) is 5.43 Å². The van der Waals surface area contributed by atoms with Gasteiger partial charge in [0, 0.05) is 23.0 Å². The Morgan fingerprint density at radius 1 is 1.04 bits per heavy atom. The molecule has 0 aromatic heterocycles. The minimum absolute atomic E-state index is 0.00228. The summed E-state index contributed by atoms with van der Waals surface area (Å²) in [5, 5.41) is 9.45. The van der Waals surface area contributed by atoms with E-state index in [0.717, 1.165) is 11.1 Å². The maximum absolute atomic E-state index is 11.9. The number of hydrazone groups is 1. The van der Waals surface area contributed by atoms with E-state index in [1.807, 2.05) is 37.3 Å². The lowest BCUT2D eigenvalue weighted by atomic mass is 10.2. The van der Waals surface area contributed by atoms with Crippen LogP contribution < -0.4 is 16.1 Å². The minimum atomic E-state index is -0.944. The number of nitrogens with zero attached hydrogens (tertiary/aromatic N) is 1. The van der Waals surface area contributed by atoms with Crippen LogP contribution >= 0.6 is 11.6 Å². The minimum Gasteiger partial charge on any atom is -0.352 e. The normalized spacial score (nSPS) is 10.9. The van der Waals surface area contributed by atoms with Crippen LogP contribution in [0.4, 0.5) is 5.69 Å². The summed E-state index contributed by atoms with van der Waals surface area (Å²) >= 11 is 5.98. The molecule has 8 heteroatoms. The van der Waals surface area contributed by atoms with Crippen molar-refractivity contribution in [2.75, 3.05) is 5.32 Å². The number of anilines is 1. The summed E-state index contributed by atoms with van der Waals surface area (Å²) in [5.41, 5.74) is 4.73. The Hall–Kier alpha value is -3.19. The molecule has 2 rings (SSSR count). The molecule has 0 saturated heterocycles. The Balaban J connectivity index is 1.78. The maximum atomic E-state index is 11.9. The molecule has 3 amide bonds. The fourth-order valence-electron chi connectivity index (χ4n) is 2.19. The Morgan fingerprint density at radius 2 is 1.75 bits per heavy atom. The molecule has 0 fully saturated rings. The molecule has 2 aromatic carbocycles. The fourth-order valence-corrected chi connectivity index (χ4v) is 2.37. The zero-order valence-corrected chi connectivity index (χ0v) is 16.3. The summed E-state index contributed by atoms with van der Waals surface area (Å²) in [6.07, 6.45) is 0.00228. The Labute approximate surface area is 168 Å². The predicted molar refractivity (Wildman–Crippen MR) is 109 cm³/mol. The molecule has 0 radical (unpaired) electrons. The van der Waals surface area contributed by atoms with E-state index in [1.54, 1.807) is 25.1 Å². The summed E-state index contributed by atoms with van der Waals surface area (Å²) in [4.78, 5) is 35.6. The number of hydrogen-bond donors (Lipinski definition) is 3. The van der Waals surface area contributed by atoms with Gasteiger partial charge in [0.05, 0.1) is 6.42 Å². The molecule has 3 N–H and O–H groups in total. The van der Waals surface area contributed by atoms with Crippen LogP contribution in [-0.2, 0) is 20.9 Å². The molecule has 2 aromatic rings. The number of carbonyl (C=O) groups excluding carboxylic acids is 3. The molecule has 0 heterocycles. The third-order valence-corrected chi connectivity index (χ3v) is 4.14. The third kappa shape index (κ3) is 6.85. The lowest BCUT2D eigenvalue weighted by Crippen LogP contribution is -2.33. The highest BCUT2D eigenvalue weighted by Gasteiger charge is 2.14. The zero-order chi connectivity index (χ0) is 20.5. The lowest BCUT2D eigenvalue weighted by molar-refractivity contribution is -0.136. The number of amides is 3. The number of aryl methyl sites for hydroxylation is 1. The van der Waals surface area contributed by atoms with Crippen molar-refractivity contribution in [1.29, 1.82) is 0 Å². The van der Waals surface area contributed by atoms with Crippen molar-refractivity contribution in [1.82, 2.24) is 10.7 Å². The standard InChI is InChI=1S/C20H21ClN4O3/c1-13-8-9-16(11-17(13)21)23-19(27)20(28)25-24-14(2)10-18(26)22-12-15-6-4-3-5-7-15/h3-9,11H,10,12H2,1-2H3,(H,22,26)(H,23,27)(H,25,28)/b24-14+. The Bertz CT molecular complexity index is 898. The van der Waals surface area contributed by atoms with Gasteiger partial charge in [-0.05, 0) is 37.1 Å². The predicted octanol–water partition coefficient (Wildman–Crippen LogP) is 2.79. The highest BCUT2D eigenvalue weighted by molar-refractivity contribution is 6.40. The highest BCUT2D eigenvalue weighted by Crippen LogP contribution is 2.19. The Morgan fingerprint density at radius 3 is 2.43 bits per heavy atom. The van der Waals surface area contributed by atoms with Crippen molar-refractivity contribution in [2.24, 2.45) is 5.10 Å². The van der Waals surface area contributed by atoms with Crippen LogP contribution in [0.25, 0.3) is 0 Å². The van der Waals surface area contributed by atoms with E-state index >= 15 is 0 Å². The van der Waals surface area contributed by atoms with Crippen LogP contribution in [0, 0.1) is 6.92 Å². The first-order chi connectivity index (χ1) is 13.3. The third-order valence-electron chi connectivity index (χ3n) is 3.73. The second-order valence-electron chi connectivity index (χ2n) is 6.15. The number of nitrogens with one attached hydrogen (secondary N) is 3. The van der Waals surface area contributed by atoms with Gasteiger partial charge in [-0.3, -0.25) is 14.4 Å². The molecular weight excluding hydrogens is 380 g/mol. The Kier molecular flexibility index (Phi) is 7.71. The second-order valence-corrected chi connectivity index (χ2v) is 6.55. The summed E-state index contributed by atoms with van der Waals surface area (Å²) in [6, 6.07) is 14.4. The van der Waals surface area contributed by atoms with Crippen LogP contribution in [0.3, 0.4) is 0 Å². The molecule has 0 atom stereocenters. The summed E-state index contributed by atoms with van der Waals surface area (Å²) in [5.74, 6) is -2.07. The van der Waals surface area contributed by atoms with E-state index in [9.17, 15) is 14.4 Å². The smallest absolute Gasteiger partial charge is 0.329 e. The zero-order valence-electron chi connectivity index (χ0n) is 15.6. The van der Waals surface area contributed by atoms with E-state index in [-0.39, 0.29) is 12.3 Å². The average Bonchev–Trinajstić information content (AvgIpc) is 2.68. The monoisotopic (exact) mass is 400 g/mol. The molecule has 0 aliphatic carbocycles. The van der Waals surface area contributed by atoms with E-state index in [2.05, 4.69) is 21.2 Å². The van der Waals surface area contributed by atoms with Gasteiger partial charge in [0.2, 0.25) is 5.91 Å². The molecule has 7 nitrogen and oxygen atoms in total. The molecule has 0 unspecified atom stereocenters. The quantitative estimate of drug-likeness (QED) is 0.395. The first-order valence-corrected chi connectivity index (χ1v) is 8.94. The first-order valence-electron chi connectivity index (χ1n) is 8.56. The van der Waals surface area contributed by atoms with Crippen molar-refractivity contribution < 1.29 is 14.4 Å². The van der Waals surface area contributed by atoms with Crippen LogP contribution in [0.2, 0.25) is 5.02 Å². The van der Waals surface area contributed by atoms with Crippen LogP contribution in [-0.4, -0.2) is 23.4 Å². The van der Waals surface area contributed by atoms with Gasteiger partial charge < -0.3 is 10.6 Å².